The average molecular weight is 429 g/mol. The number of amides is 1. The van der Waals surface area contributed by atoms with E-state index in [-0.39, 0.29) is 5.91 Å². The lowest BCUT2D eigenvalue weighted by atomic mass is 10.0. The number of benzene rings is 1. The van der Waals surface area contributed by atoms with Gasteiger partial charge in [0, 0.05) is 63.3 Å². The number of piperazine rings is 1. The molecule has 1 amide bonds. The number of sulfonamides is 1. The molecule has 30 heavy (non-hydrogen) atoms. The van der Waals surface area contributed by atoms with E-state index in [1.165, 1.54) is 0 Å². The zero-order valence-corrected chi connectivity index (χ0v) is 18.1. The Bertz CT molecular complexity index is 963. The number of nitrogens with zero attached hydrogens (tertiary/aromatic N) is 4. The van der Waals surface area contributed by atoms with Crippen LogP contribution in [0.2, 0.25) is 0 Å². The molecule has 0 bridgehead atoms. The molecule has 1 aromatic heterocycles. The van der Waals surface area contributed by atoms with Gasteiger partial charge in [-0.1, -0.05) is 17.7 Å². The van der Waals surface area contributed by atoms with Gasteiger partial charge in [-0.05, 0) is 44.0 Å². The number of carbonyl (C=O) groups is 1. The Balaban J connectivity index is 1.30. The molecule has 2 fully saturated rings. The first-order valence-electron chi connectivity index (χ1n) is 10.5. The van der Waals surface area contributed by atoms with Gasteiger partial charge in [-0.15, -0.1) is 0 Å². The van der Waals surface area contributed by atoms with Gasteiger partial charge in [0.25, 0.3) is 5.91 Å². The standard InChI is InChI=1S/C22H28N4O3S/c1-18-2-4-21(5-3-18)30(28,29)26-16-14-24(15-17-26)20-8-12-25(13-9-20)22(27)19-6-10-23-11-7-19/h2-7,10-11,20H,8-9,12-17H2,1H3. The molecule has 4 rings (SSSR count). The van der Waals surface area contributed by atoms with Gasteiger partial charge in [-0.2, -0.15) is 4.31 Å². The second-order valence-electron chi connectivity index (χ2n) is 8.01. The Labute approximate surface area is 178 Å². The van der Waals surface area contributed by atoms with E-state index in [0.717, 1.165) is 44.6 Å². The summed E-state index contributed by atoms with van der Waals surface area (Å²) in [6.45, 7) is 5.88. The number of aryl methyl sites for hydroxylation is 1. The number of pyridine rings is 1. The number of carbonyl (C=O) groups excluding carboxylic acids is 1. The Morgan fingerprint density at radius 1 is 0.900 bits per heavy atom. The van der Waals surface area contributed by atoms with Crippen LogP contribution in [0.25, 0.3) is 0 Å². The highest BCUT2D eigenvalue weighted by Gasteiger charge is 2.33. The number of likely N-dealkylation sites (tertiary alicyclic amines) is 1. The summed E-state index contributed by atoms with van der Waals surface area (Å²) >= 11 is 0. The zero-order chi connectivity index (χ0) is 21.1. The molecule has 0 N–H and O–H groups in total. The fourth-order valence-electron chi connectivity index (χ4n) is 4.28. The summed E-state index contributed by atoms with van der Waals surface area (Å²) in [6, 6.07) is 11.0. The van der Waals surface area contributed by atoms with Crippen LogP contribution in [0.4, 0.5) is 0 Å². The molecular formula is C22H28N4O3S. The molecule has 3 heterocycles. The molecule has 0 spiro atoms. The number of hydrogen-bond acceptors (Lipinski definition) is 5. The van der Waals surface area contributed by atoms with Crippen LogP contribution in [0.5, 0.6) is 0 Å². The lowest BCUT2D eigenvalue weighted by molar-refractivity contribution is 0.0562. The molecule has 0 radical (unpaired) electrons. The molecule has 7 nitrogen and oxygen atoms in total. The highest BCUT2D eigenvalue weighted by molar-refractivity contribution is 7.89. The number of piperidine rings is 1. The molecule has 1 aromatic carbocycles. The first kappa shape index (κ1) is 21.0. The SMILES string of the molecule is Cc1ccc(S(=O)(=O)N2CCN(C3CCN(C(=O)c4ccncc4)CC3)CC2)cc1. The maximum atomic E-state index is 12.9. The molecule has 8 heteroatoms. The average Bonchev–Trinajstić information content (AvgIpc) is 2.80. The lowest BCUT2D eigenvalue weighted by Crippen LogP contribution is -2.54. The molecule has 2 aromatic rings. The Morgan fingerprint density at radius 3 is 2.10 bits per heavy atom. The van der Waals surface area contributed by atoms with Crippen molar-refractivity contribution in [2.75, 3.05) is 39.3 Å². The van der Waals surface area contributed by atoms with Gasteiger partial charge in [-0.25, -0.2) is 8.42 Å². The second-order valence-corrected chi connectivity index (χ2v) is 9.95. The Hall–Kier alpha value is -2.29. The van der Waals surface area contributed by atoms with Gasteiger partial charge in [0.1, 0.15) is 0 Å². The van der Waals surface area contributed by atoms with Crippen molar-refractivity contribution in [3.8, 4) is 0 Å². The number of hydrogen-bond donors (Lipinski definition) is 0. The minimum Gasteiger partial charge on any atom is -0.339 e. The Kier molecular flexibility index (Phi) is 6.17. The van der Waals surface area contributed by atoms with Gasteiger partial charge < -0.3 is 4.90 Å². The van der Waals surface area contributed by atoms with E-state index in [1.54, 1.807) is 41.0 Å². The van der Waals surface area contributed by atoms with E-state index >= 15 is 0 Å². The number of aromatic nitrogens is 1. The van der Waals surface area contributed by atoms with Gasteiger partial charge in [0.05, 0.1) is 4.90 Å². The molecule has 0 saturated carbocycles. The van der Waals surface area contributed by atoms with Gasteiger partial charge in [-0.3, -0.25) is 14.7 Å². The van der Waals surface area contributed by atoms with Crippen LogP contribution >= 0.6 is 0 Å². The van der Waals surface area contributed by atoms with Crippen LogP contribution < -0.4 is 0 Å². The minimum atomic E-state index is -3.43. The van der Waals surface area contributed by atoms with Crippen molar-refractivity contribution in [1.29, 1.82) is 0 Å². The largest absolute Gasteiger partial charge is 0.339 e. The summed E-state index contributed by atoms with van der Waals surface area (Å²) in [7, 11) is -3.43. The molecule has 2 saturated heterocycles. The second kappa shape index (κ2) is 8.83. The van der Waals surface area contributed by atoms with E-state index in [9.17, 15) is 13.2 Å². The molecule has 0 unspecified atom stereocenters. The maximum Gasteiger partial charge on any atom is 0.253 e. The summed E-state index contributed by atoms with van der Waals surface area (Å²) in [5.74, 6) is 0.0601. The van der Waals surface area contributed by atoms with Crippen LogP contribution in [0.15, 0.2) is 53.7 Å². The van der Waals surface area contributed by atoms with Crippen molar-refractivity contribution < 1.29 is 13.2 Å². The zero-order valence-electron chi connectivity index (χ0n) is 17.3. The first-order valence-corrected chi connectivity index (χ1v) is 11.9. The summed E-state index contributed by atoms with van der Waals surface area (Å²) in [5, 5.41) is 0. The molecule has 2 aliphatic rings. The van der Waals surface area contributed by atoms with Crippen molar-refractivity contribution >= 4 is 15.9 Å². The van der Waals surface area contributed by atoms with Crippen LogP contribution in [-0.2, 0) is 10.0 Å². The molecule has 160 valence electrons. The highest BCUT2D eigenvalue weighted by Crippen LogP contribution is 2.23. The minimum absolute atomic E-state index is 0.0601. The molecular weight excluding hydrogens is 400 g/mol. The van der Waals surface area contributed by atoms with Crippen LogP contribution in [-0.4, -0.2) is 78.7 Å². The van der Waals surface area contributed by atoms with Crippen molar-refractivity contribution in [3.05, 3.63) is 59.9 Å². The monoisotopic (exact) mass is 428 g/mol. The molecule has 2 aliphatic heterocycles. The van der Waals surface area contributed by atoms with Crippen molar-refractivity contribution in [2.45, 2.75) is 30.7 Å². The maximum absolute atomic E-state index is 12.9. The predicted molar refractivity (Wildman–Crippen MR) is 115 cm³/mol. The molecule has 0 aliphatic carbocycles. The van der Waals surface area contributed by atoms with Crippen molar-refractivity contribution in [2.24, 2.45) is 0 Å². The Morgan fingerprint density at radius 2 is 1.50 bits per heavy atom. The number of rotatable bonds is 4. The van der Waals surface area contributed by atoms with E-state index in [4.69, 9.17) is 0 Å². The summed E-state index contributed by atoms with van der Waals surface area (Å²) in [5.41, 5.74) is 1.73. The highest BCUT2D eigenvalue weighted by atomic mass is 32.2. The van der Waals surface area contributed by atoms with E-state index < -0.39 is 10.0 Å². The van der Waals surface area contributed by atoms with Gasteiger partial charge in [0.2, 0.25) is 10.0 Å². The summed E-state index contributed by atoms with van der Waals surface area (Å²) in [6.07, 6.45) is 5.12. The summed E-state index contributed by atoms with van der Waals surface area (Å²) < 4.78 is 27.4. The third-order valence-corrected chi connectivity index (χ3v) is 8.04. The van der Waals surface area contributed by atoms with Crippen LogP contribution in [0.3, 0.4) is 0 Å². The van der Waals surface area contributed by atoms with Crippen LogP contribution in [0, 0.1) is 6.92 Å². The van der Waals surface area contributed by atoms with Gasteiger partial charge >= 0.3 is 0 Å². The third-order valence-electron chi connectivity index (χ3n) is 6.13. The fraction of sp³-hybridized carbons (Fsp3) is 0.455. The molecule has 0 atom stereocenters. The van der Waals surface area contributed by atoms with Crippen molar-refractivity contribution in [3.63, 3.8) is 0 Å². The third kappa shape index (κ3) is 4.40. The van der Waals surface area contributed by atoms with Crippen molar-refractivity contribution in [1.82, 2.24) is 19.1 Å². The normalized spacial score (nSPS) is 19.7. The fourth-order valence-corrected chi connectivity index (χ4v) is 5.70. The predicted octanol–water partition coefficient (Wildman–Crippen LogP) is 2.00. The summed E-state index contributed by atoms with van der Waals surface area (Å²) in [4.78, 5) is 21.2. The van der Waals surface area contributed by atoms with Crippen LogP contribution in [0.1, 0.15) is 28.8 Å². The quantitative estimate of drug-likeness (QED) is 0.745. The van der Waals surface area contributed by atoms with E-state index in [2.05, 4.69) is 9.88 Å². The smallest absolute Gasteiger partial charge is 0.253 e. The lowest BCUT2D eigenvalue weighted by Gasteiger charge is -2.42. The van der Waals surface area contributed by atoms with E-state index in [0.29, 0.717) is 29.6 Å². The topological polar surface area (TPSA) is 73.8 Å². The van der Waals surface area contributed by atoms with Gasteiger partial charge in [0.15, 0.2) is 0 Å². The first-order chi connectivity index (χ1) is 14.4. The van der Waals surface area contributed by atoms with E-state index in [1.807, 2.05) is 24.0 Å².